The predicted molar refractivity (Wildman–Crippen MR) is 468 cm³/mol. The fraction of sp³-hybridized carbons (Fsp3) is 0.340. The van der Waals surface area contributed by atoms with Gasteiger partial charge in [-0.15, -0.1) is 0 Å². The van der Waals surface area contributed by atoms with E-state index >= 15 is 0 Å². The molecular weight excluding hydrogens is 1300 g/mol. The topological polar surface area (TPSA) is 6.48 Å². The molecule has 11 aromatic carbocycles. The summed E-state index contributed by atoms with van der Waals surface area (Å²) in [5.74, 6) is 0. The second-order valence-corrected chi connectivity index (χ2v) is 32.4. The molecule has 0 fully saturated rings. The minimum absolute atomic E-state index is 0.0158. The Labute approximate surface area is 649 Å². The maximum atomic E-state index is 2.61. The van der Waals surface area contributed by atoms with Crippen molar-refractivity contribution in [2.75, 3.05) is 9.80 Å². The molecule has 0 amide bonds. The van der Waals surface area contributed by atoms with E-state index in [2.05, 4.69) is 332 Å². The molecule has 15 rings (SSSR count). The summed E-state index contributed by atoms with van der Waals surface area (Å²) < 4.78 is 0. The Hall–Kier alpha value is -9.50. The van der Waals surface area contributed by atoms with Gasteiger partial charge in [-0.05, 0) is 235 Å². The third kappa shape index (κ3) is 13.6. The predicted octanol–water partition coefficient (Wildman–Crippen LogP) is 31.6. The van der Waals surface area contributed by atoms with Crippen molar-refractivity contribution in [3.05, 3.63) is 309 Å². The third-order valence-electron chi connectivity index (χ3n) is 25.9. The number of nitrogens with zero attached hydrogens (tertiary/aromatic N) is 2. The zero-order valence-electron chi connectivity index (χ0n) is 66.3. The molecule has 11 aromatic rings. The van der Waals surface area contributed by atoms with Crippen LogP contribution in [-0.4, -0.2) is 0 Å². The lowest BCUT2D eigenvalue weighted by Gasteiger charge is -2.35. The highest BCUT2D eigenvalue weighted by molar-refractivity contribution is 5.92. The fourth-order valence-electron chi connectivity index (χ4n) is 20.3. The molecule has 0 heterocycles. The quantitative estimate of drug-likeness (QED) is 0.0371. The molecule has 0 saturated carbocycles. The van der Waals surface area contributed by atoms with Crippen molar-refractivity contribution in [1.82, 2.24) is 0 Å². The van der Waals surface area contributed by atoms with Crippen LogP contribution in [0.5, 0.6) is 0 Å². The Bertz CT molecular complexity index is 4410. The highest BCUT2D eigenvalue weighted by Crippen LogP contribution is 2.61. The van der Waals surface area contributed by atoms with Crippen LogP contribution in [-0.2, 0) is 21.7 Å². The minimum atomic E-state index is -0.0158. The Morgan fingerprint density at radius 1 is 0.194 bits per heavy atom. The number of hydrogen-bond donors (Lipinski definition) is 0. The first kappa shape index (κ1) is 74.0. The van der Waals surface area contributed by atoms with E-state index in [0.717, 1.165) is 0 Å². The molecule has 108 heavy (non-hydrogen) atoms. The van der Waals surface area contributed by atoms with Crippen LogP contribution in [0.25, 0.3) is 68.8 Å². The van der Waals surface area contributed by atoms with Gasteiger partial charge in [-0.2, -0.15) is 0 Å². The molecule has 2 heteroatoms. The van der Waals surface area contributed by atoms with Crippen molar-refractivity contribution in [2.24, 2.45) is 0 Å². The van der Waals surface area contributed by atoms with Gasteiger partial charge in [0.05, 0.1) is 0 Å². The second-order valence-electron chi connectivity index (χ2n) is 32.4. The Kier molecular flexibility index (Phi) is 22.4. The van der Waals surface area contributed by atoms with Crippen LogP contribution in [0.15, 0.2) is 243 Å². The molecule has 0 spiro atoms. The standard InChI is InChI=1S/C106H116N2/c1-9-17-65-103(66-18-10-2)95-37-29-25-33-87(95)91-61-57-83(73-99(91)103)107(84-58-62-92-88-34-26-30-38-96(88)104(67-19-11-3,68-20-12-4)100(92)74-84)81-53-49-79(50-54-81)47-45-77-41-43-78(44-42-77)46-48-80-51-55-82(56-52-80)108(85-59-63-93-89-35-27-31-39-97(89)105(69-21-13-5,70-22-14-6)101(93)75-85)86-60-64-94-90-36-28-32-40-98(90)106(71-23-15-7,72-24-16-8)102(94)76-86/h25-64,73-76H,9-24,65-72H2,1-8H3/b47-45+,48-46+. The largest absolute Gasteiger partial charge is 0.310 e. The van der Waals surface area contributed by atoms with Crippen LogP contribution in [0, 0.1) is 0 Å². The van der Waals surface area contributed by atoms with E-state index in [-0.39, 0.29) is 21.7 Å². The normalized spacial score (nSPS) is 14.7. The highest BCUT2D eigenvalue weighted by atomic mass is 15.1. The van der Waals surface area contributed by atoms with Gasteiger partial charge >= 0.3 is 0 Å². The lowest BCUT2D eigenvalue weighted by Crippen LogP contribution is -2.26. The van der Waals surface area contributed by atoms with E-state index < -0.39 is 0 Å². The van der Waals surface area contributed by atoms with Crippen LogP contribution in [0.4, 0.5) is 34.1 Å². The van der Waals surface area contributed by atoms with Crippen molar-refractivity contribution < 1.29 is 0 Å². The zero-order valence-corrected chi connectivity index (χ0v) is 66.3. The minimum Gasteiger partial charge on any atom is -0.310 e. The molecule has 0 unspecified atom stereocenters. The Morgan fingerprint density at radius 3 is 0.574 bits per heavy atom. The molecule has 0 bridgehead atoms. The van der Waals surface area contributed by atoms with Gasteiger partial charge in [0.25, 0.3) is 0 Å². The van der Waals surface area contributed by atoms with Crippen LogP contribution in [0.1, 0.15) is 276 Å². The first-order valence-electron chi connectivity index (χ1n) is 42.4. The maximum Gasteiger partial charge on any atom is 0.0465 e. The summed E-state index contributed by atoms with van der Waals surface area (Å²) in [7, 11) is 0. The van der Waals surface area contributed by atoms with Gasteiger partial charge in [0.1, 0.15) is 0 Å². The van der Waals surface area contributed by atoms with E-state index in [1.807, 2.05) is 0 Å². The van der Waals surface area contributed by atoms with Crippen molar-refractivity contribution in [1.29, 1.82) is 0 Å². The highest BCUT2D eigenvalue weighted by Gasteiger charge is 2.47. The molecule has 0 radical (unpaired) electrons. The maximum absolute atomic E-state index is 2.61. The van der Waals surface area contributed by atoms with Gasteiger partial charge in [-0.3, -0.25) is 0 Å². The van der Waals surface area contributed by atoms with Crippen LogP contribution >= 0.6 is 0 Å². The monoisotopic (exact) mass is 1420 g/mol. The summed E-state index contributed by atoms with van der Waals surface area (Å²) >= 11 is 0. The molecule has 0 atom stereocenters. The first-order valence-corrected chi connectivity index (χ1v) is 42.4. The SMILES string of the molecule is CCCCC1(CCCC)c2ccccc2-c2ccc(N(c3ccc(/C=C/c4ccc(/C=C/c5ccc(N(c6ccc7c(c6)C(CCCC)(CCCC)c6ccccc6-7)c6ccc7c(c6)C(CCCC)(CCCC)c6ccccc6-7)cc5)cc4)cc3)c3ccc4c(c3)C(CCCC)(CCCC)c3ccccc3-4)cc21. The van der Waals surface area contributed by atoms with Crippen LogP contribution < -0.4 is 9.80 Å². The smallest absolute Gasteiger partial charge is 0.0465 e. The van der Waals surface area contributed by atoms with Gasteiger partial charge in [-0.1, -0.05) is 352 Å². The van der Waals surface area contributed by atoms with Gasteiger partial charge in [0, 0.05) is 55.8 Å². The van der Waals surface area contributed by atoms with Crippen molar-refractivity contribution in [2.45, 2.75) is 231 Å². The number of unbranched alkanes of at least 4 members (excludes halogenated alkanes) is 8. The fourth-order valence-corrected chi connectivity index (χ4v) is 20.3. The Morgan fingerprint density at radius 2 is 0.370 bits per heavy atom. The van der Waals surface area contributed by atoms with E-state index in [0.29, 0.717) is 0 Å². The number of rotatable bonds is 34. The number of benzene rings is 11. The van der Waals surface area contributed by atoms with Gasteiger partial charge in [0.15, 0.2) is 0 Å². The molecule has 0 saturated heterocycles. The van der Waals surface area contributed by atoms with E-state index in [1.54, 1.807) is 0 Å². The van der Waals surface area contributed by atoms with Crippen molar-refractivity contribution >= 4 is 58.4 Å². The number of hydrogen-bond acceptors (Lipinski definition) is 2. The van der Waals surface area contributed by atoms with E-state index in [1.165, 1.54) is 299 Å². The van der Waals surface area contributed by atoms with E-state index in [9.17, 15) is 0 Å². The van der Waals surface area contributed by atoms with Crippen molar-refractivity contribution in [3.63, 3.8) is 0 Å². The molecule has 0 aromatic heterocycles. The lowest BCUT2D eigenvalue weighted by atomic mass is 9.70. The number of anilines is 6. The summed E-state index contributed by atoms with van der Waals surface area (Å²) in [4.78, 5) is 5.18. The summed E-state index contributed by atoms with van der Waals surface area (Å²) in [5, 5.41) is 0. The molecule has 0 aliphatic heterocycles. The molecular formula is C106H116N2. The zero-order chi connectivity index (χ0) is 74.2. The molecule has 4 aliphatic carbocycles. The summed E-state index contributed by atoms with van der Waals surface area (Å²) in [5.41, 5.74) is 35.4. The summed E-state index contributed by atoms with van der Waals surface area (Å²) in [6.45, 7) is 18.9. The summed E-state index contributed by atoms with van der Waals surface area (Å²) in [6, 6.07) is 95.3. The van der Waals surface area contributed by atoms with Gasteiger partial charge < -0.3 is 9.80 Å². The summed E-state index contributed by atoms with van der Waals surface area (Å²) in [6.07, 6.45) is 37.6. The van der Waals surface area contributed by atoms with Gasteiger partial charge in [0.2, 0.25) is 0 Å². The first-order chi connectivity index (χ1) is 53.1. The molecule has 4 aliphatic rings. The second kappa shape index (κ2) is 32.8. The lowest BCUT2D eigenvalue weighted by molar-refractivity contribution is 0.414. The van der Waals surface area contributed by atoms with E-state index in [4.69, 9.17) is 0 Å². The third-order valence-corrected chi connectivity index (χ3v) is 25.9. The van der Waals surface area contributed by atoms with Crippen LogP contribution in [0.3, 0.4) is 0 Å². The Balaban J connectivity index is 0.732. The molecule has 550 valence electrons. The molecule has 0 N–H and O–H groups in total. The van der Waals surface area contributed by atoms with Gasteiger partial charge in [-0.25, -0.2) is 0 Å². The average Bonchev–Trinajstić information content (AvgIpc) is 1.58. The molecule has 2 nitrogen and oxygen atoms in total. The van der Waals surface area contributed by atoms with Crippen LogP contribution in [0.2, 0.25) is 0 Å². The van der Waals surface area contributed by atoms with Crippen molar-refractivity contribution in [3.8, 4) is 44.5 Å². The number of fused-ring (bicyclic) bond motifs is 12. The average molecular weight is 1420 g/mol.